The van der Waals surface area contributed by atoms with Crippen LogP contribution in [0.3, 0.4) is 0 Å². The van der Waals surface area contributed by atoms with Gasteiger partial charge in [0.2, 0.25) is 0 Å². The molecule has 0 aromatic rings. The van der Waals surface area contributed by atoms with E-state index in [0.717, 1.165) is 28.4 Å². The van der Waals surface area contributed by atoms with Gasteiger partial charge in [-0.05, 0) is 0 Å². The zero-order valence-corrected chi connectivity index (χ0v) is 10.3. The first-order valence-electron chi connectivity index (χ1n) is 1.79. The number of halogens is 2. The minimum atomic E-state index is 0. The molecule has 0 amide bonds. The third-order valence-electron chi connectivity index (χ3n) is 0. The Balaban J connectivity index is -0.00000000356. The van der Waals surface area contributed by atoms with Crippen molar-refractivity contribution in [1.82, 2.24) is 0 Å². The summed E-state index contributed by atoms with van der Waals surface area (Å²) in [5.74, 6) is 0. The molecule has 0 atom stereocenters. The van der Waals surface area contributed by atoms with Crippen LogP contribution in [0.25, 0.3) is 0 Å². The fourth-order valence-corrected chi connectivity index (χ4v) is 0. The van der Waals surface area contributed by atoms with Gasteiger partial charge in [-0.2, -0.15) is 0 Å². The zero-order valence-electron chi connectivity index (χ0n) is 7.11. The van der Waals surface area contributed by atoms with Crippen molar-refractivity contribution in [3.05, 3.63) is 0 Å². The molecule has 7 heteroatoms. The van der Waals surface area contributed by atoms with Gasteiger partial charge in [0, 0.05) is 50.2 Å². The Hall–Kier alpha value is 1.13. The Bertz CT molecular complexity index is 20.1. The van der Waals surface area contributed by atoms with E-state index in [4.69, 9.17) is 20.4 Å². The van der Waals surface area contributed by atoms with Crippen molar-refractivity contribution in [1.29, 1.82) is 0 Å². The molecule has 0 bridgehead atoms. The Morgan fingerprint density at radius 2 is 0.455 bits per heavy atom. The second-order valence-corrected chi connectivity index (χ2v) is 0. The molecule has 0 aromatic carbocycles. The molecule has 0 fully saturated rings. The van der Waals surface area contributed by atoms with Gasteiger partial charge >= 0.3 is 0 Å². The van der Waals surface area contributed by atoms with Crippen LogP contribution in [-0.2, 0) is 21.7 Å². The molecule has 0 aliphatic heterocycles. The van der Waals surface area contributed by atoms with Crippen molar-refractivity contribution in [2.45, 2.75) is 0 Å². The number of aliphatic hydroxyl groups is 4. The van der Waals surface area contributed by atoms with Gasteiger partial charge in [0.15, 0.2) is 0 Å². The minimum absolute atomic E-state index is 0. The summed E-state index contributed by atoms with van der Waals surface area (Å²) >= 11 is 0. The molecule has 0 saturated heterocycles. The van der Waals surface area contributed by atoms with Gasteiger partial charge < -0.3 is 20.4 Å². The van der Waals surface area contributed by atoms with E-state index in [2.05, 4.69) is 0 Å². The number of rotatable bonds is 0. The molecule has 0 rings (SSSR count). The predicted octanol–water partition coefficient (Wildman–Crippen LogP) is -0.725. The quantitative estimate of drug-likeness (QED) is 0.427. The molecule has 0 heterocycles. The normalized spacial score (nSPS) is 2.18. The third-order valence-corrected chi connectivity index (χ3v) is 0. The van der Waals surface area contributed by atoms with Gasteiger partial charge in [0.25, 0.3) is 0 Å². The molecular formula is C4H18Cl2O4Ti. The van der Waals surface area contributed by atoms with Crippen LogP contribution in [0.4, 0.5) is 0 Å². The van der Waals surface area contributed by atoms with Crippen LogP contribution >= 0.6 is 24.8 Å². The molecule has 0 aliphatic carbocycles. The number of hydrogen-bond acceptors (Lipinski definition) is 4. The first-order valence-corrected chi connectivity index (χ1v) is 1.79. The Morgan fingerprint density at radius 3 is 0.455 bits per heavy atom. The van der Waals surface area contributed by atoms with Crippen molar-refractivity contribution in [2.75, 3.05) is 28.4 Å². The first kappa shape index (κ1) is 57.1. The van der Waals surface area contributed by atoms with Crippen LogP contribution in [-0.4, -0.2) is 48.9 Å². The average Bonchev–Trinajstić information content (AvgIpc) is 2.03. The predicted molar refractivity (Wildman–Crippen MR) is 47.1 cm³/mol. The maximum Gasteiger partial charge on any atom is 0.0319 e. The van der Waals surface area contributed by atoms with E-state index >= 15 is 0 Å². The van der Waals surface area contributed by atoms with Crippen LogP contribution in [0.1, 0.15) is 0 Å². The van der Waals surface area contributed by atoms with E-state index in [0.29, 0.717) is 0 Å². The van der Waals surface area contributed by atoms with E-state index in [1.165, 1.54) is 0 Å². The van der Waals surface area contributed by atoms with Crippen LogP contribution in [0, 0.1) is 0 Å². The fourth-order valence-electron chi connectivity index (χ4n) is 0. The average molecular weight is 249 g/mol. The first-order chi connectivity index (χ1) is 4.00. The maximum atomic E-state index is 7.00. The Kier molecular flexibility index (Phi) is 4610. The van der Waals surface area contributed by atoms with E-state index in [1.54, 1.807) is 0 Å². The summed E-state index contributed by atoms with van der Waals surface area (Å²) in [5, 5.41) is 28.0. The van der Waals surface area contributed by atoms with Gasteiger partial charge in [-0.25, -0.2) is 0 Å². The van der Waals surface area contributed by atoms with Crippen molar-refractivity contribution in [3.8, 4) is 0 Å². The fraction of sp³-hybridized carbons (Fsp3) is 1.00. The molecule has 0 unspecified atom stereocenters. The summed E-state index contributed by atoms with van der Waals surface area (Å²) < 4.78 is 0. The van der Waals surface area contributed by atoms with Gasteiger partial charge in [0.1, 0.15) is 0 Å². The third kappa shape index (κ3) is 722. The van der Waals surface area contributed by atoms with E-state index in [9.17, 15) is 0 Å². The topological polar surface area (TPSA) is 80.9 Å². The summed E-state index contributed by atoms with van der Waals surface area (Å²) in [4.78, 5) is 0. The summed E-state index contributed by atoms with van der Waals surface area (Å²) in [6.07, 6.45) is 0. The van der Waals surface area contributed by atoms with Gasteiger partial charge in [-0.15, -0.1) is 24.8 Å². The standard InChI is InChI=1S/4CH4O.2ClH.Ti/c4*1-2;;;/h4*2H,1H3;2*1H;. The summed E-state index contributed by atoms with van der Waals surface area (Å²) in [6, 6.07) is 0. The molecule has 0 aliphatic rings. The largest absolute Gasteiger partial charge is 0.400 e. The molecule has 0 aromatic heterocycles. The Morgan fingerprint density at radius 1 is 0.455 bits per heavy atom. The van der Waals surface area contributed by atoms with E-state index < -0.39 is 0 Å². The zero-order chi connectivity index (χ0) is 8.00. The second kappa shape index (κ2) is 889. The monoisotopic (exact) mass is 248 g/mol. The molecule has 11 heavy (non-hydrogen) atoms. The molecule has 4 N–H and O–H groups in total. The van der Waals surface area contributed by atoms with Crippen molar-refractivity contribution < 1.29 is 42.1 Å². The van der Waals surface area contributed by atoms with Crippen LogP contribution in [0.5, 0.6) is 0 Å². The molecule has 76 valence electrons. The van der Waals surface area contributed by atoms with Crippen LogP contribution in [0.2, 0.25) is 0 Å². The summed E-state index contributed by atoms with van der Waals surface area (Å²) in [7, 11) is 4.00. The van der Waals surface area contributed by atoms with Crippen LogP contribution < -0.4 is 0 Å². The Labute approximate surface area is 95.3 Å². The van der Waals surface area contributed by atoms with Gasteiger partial charge in [-0.3, -0.25) is 0 Å². The van der Waals surface area contributed by atoms with Crippen molar-refractivity contribution >= 4 is 24.8 Å². The second-order valence-electron chi connectivity index (χ2n) is 0. The summed E-state index contributed by atoms with van der Waals surface area (Å²) in [5.41, 5.74) is 0. The molecular weight excluding hydrogens is 231 g/mol. The van der Waals surface area contributed by atoms with Gasteiger partial charge in [0.05, 0.1) is 0 Å². The van der Waals surface area contributed by atoms with Crippen LogP contribution in [0.15, 0.2) is 0 Å². The van der Waals surface area contributed by atoms with E-state index in [1.807, 2.05) is 0 Å². The smallest absolute Gasteiger partial charge is 0.0319 e. The summed E-state index contributed by atoms with van der Waals surface area (Å²) in [6.45, 7) is 0. The van der Waals surface area contributed by atoms with Gasteiger partial charge in [-0.1, -0.05) is 0 Å². The van der Waals surface area contributed by atoms with Crippen molar-refractivity contribution in [2.24, 2.45) is 0 Å². The SMILES string of the molecule is CO.CO.CO.CO.Cl.Cl.[Ti]. The molecule has 0 radical (unpaired) electrons. The number of aliphatic hydroxyl groups excluding tert-OH is 4. The van der Waals surface area contributed by atoms with Crippen molar-refractivity contribution in [3.63, 3.8) is 0 Å². The van der Waals surface area contributed by atoms with E-state index in [-0.39, 0.29) is 46.5 Å². The molecule has 0 spiro atoms. The molecule has 0 saturated carbocycles. The maximum absolute atomic E-state index is 7.00. The number of hydrogen-bond donors (Lipinski definition) is 4. The minimum Gasteiger partial charge on any atom is -0.400 e. The molecule has 4 nitrogen and oxygen atoms in total.